The van der Waals surface area contributed by atoms with Crippen LogP contribution in [0.5, 0.6) is 0 Å². The summed E-state index contributed by atoms with van der Waals surface area (Å²) >= 11 is 1.61. The minimum atomic E-state index is 0.173. The molecule has 30 heavy (non-hydrogen) atoms. The van der Waals surface area contributed by atoms with E-state index in [2.05, 4.69) is 48.4 Å². The molecule has 3 aromatic heterocycles. The zero-order chi connectivity index (χ0) is 20.1. The van der Waals surface area contributed by atoms with Crippen LogP contribution in [0.1, 0.15) is 46.6 Å². The number of fused-ring (bicyclic) bond motifs is 2. The zero-order valence-electron chi connectivity index (χ0n) is 16.6. The van der Waals surface area contributed by atoms with Crippen molar-refractivity contribution < 1.29 is 4.79 Å². The Morgan fingerprint density at radius 2 is 2.17 bits per heavy atom. The standard InChI is InChI=1S/C23H23N5OS/c29-23(28(17-4-5-17)18-6-7-21-15(10-18)11-25-26-21)20-2-1-3-22-19(20)8-9-27(22)12-16-13-30-14-24-16/h1-3,8-9,11,13-14,17-18H,4-7,10,12H2,(H,25,26). The molecule has 4 aromatic rings. The minimum Gasteiger partial charge on any atom is -0.341 e. The van der Waals surface area contributed by atoms with Gasteiger partial charge in [-0.15, -0.1) is 11.3 Å². The average Bonchev–Trinajstić information content (AvgIpc) is 3.16. The quantitative estimate of drug-likeness (QED) is 0.533. The summed E-state index contributed by atoms with van der Waals surface area (Å²) < 4.78 is 2.18. The van der Waals surface area contributed by atoms with Gasteiger partial charge in [0.25, 0.3) is 5.91 Å². The van der Waals surface area contributed by atoms with Crippen molar-refractivity contribution in [3.05, 3.63) is 70.1 Å². The number of aryl methyl sites for hydroxylation is 1. The van der Waals surface area contributed by atoms with Gasteiger partial charge >= 0.3 is 0 Å². The molecular formula is C23H23N5OS. The maximum absolute atomic E-state index is 13.8. The molecule has 0 spiro atoms. The molecule has 1 N–H and O–H groups in total. The predicted octanol–water partition coefficient (Wildman–Crippen LogP) is 4.03. The number of carbonyl (C=O) groups excluding carboxylic acids is 1. The topological polar surface area (TPSA) is 66.8 Å². The number of nitrogens with one attached hydrogen (secondary N) is 1. The SMILES string of the molecule is O=C(c1cccc2c1ccn2Cc1cscn1)N(C1CC1)C1CCc2[nH]ncc2C1. The van der Waals surface area contributed by atoms with Gasteiger partial charge in [-0.3, -0.25) is 9.89 Å². The number of aromatic amines is 1. The van der Waals surface area contributed by atoms with Gasteiger partial charge in [-0.05, 0) is 55.9 Å². The number of hydrogen-bond acceptors (Lipinski definition) is 4. The highest BCUT2D eigenvalue weighted by Gasteiger charge is 2.39. The Bertz CT molecular complexity index is 1200. The van der Waals surface area contributed by atoms with Crippen LogP contribution >= 0.6 is 11.3 Å². The fourth-order valence-electron chi connectivity index (χ4n) is 4.79. The second kappa shape index (κ2) is 7.09. The molecule has 0 aliphatic heterocycles. The van der Waals surface area contributed by atoms with E-state index in [-0.39, 0.29) is 11.9 Å². The number of carbonyl (C=O) groups is 1. The maximum Gasteiger partial charge on any atom is 0.255 e. The molecule has 1 fully saturated rings. The highest BCUT2D eigenvalue weighted by molar-refractivity contribution is 7.07. The third-order valence-electron chi connectivity index (χ3n) is 6.42. The molecule has 0 radical (unpaired) electrons. The van der Waals surface area contributed by atoms with E-state index in [0.29, 0.717) is 6.04 Å². The van der Waals surface area contributed by atoms with E-state index in [1.807, 2.05) is 23.8 Å². The fraction of sp³-hybridized carbons (Fsp3) is 0.348. The fourth-order valence-corrected chi connectivity index (χ4v) is 5.34. The summed E-state index contributed by atoms with van der Waals surface area (Å²) in [5.74, 6) is 0.173. The Morgan fingerprint density at radius 3 is 3.00 bits per heavy atom. The monoisotopic (exact) mass is 417 g/mol. The lowest BCUT2D eigenvalue weighted by atomic mass is 9.91. The molecule has 1 unspecified atom stereocenters. The van der Waals surface area contributed by atoms with Gasteiger partial charge in [-0.2, -0.15) is 5.10 Å². The molecule has 0 saturated heterocycles. The molecule has 2 aliphatic rings. The van der Waals surface area contributed by atoms with Crippen LogP contribution in [0, 0.1) is 0 Å². The number of hydrogen-bond donors (Lipinski definition) is 1. The van der Waals surface area contributed by atoms with E-state index in [4.69, 9.17) is 0 Å². The van der Waals surface area contributed by atoms with Crippen LogP contribution < -0.4 is 0 Å². The van der Waals surface area contributed by atoms with Crippen molar-refractivity contribution in [1.82, 2.24) is 24.6 Å². The number of benzene rings is 1. The highest BCUT2D eigenvalue weighted by atomic mass is 32.1. The van der Waals surface area contributed by atoms with Crippen molar-refractivity contribution in [2.45, 2.75) is 50.7 Å². The summed E-state index contributed by atoms with van der Waals surface area (Å²) in [5, 5.41) is 10.4. The summed E-state index contributed by atoms with van der Waals surface area (Å²) in [6, 6.07) is 8.80. The van der Waals surface area contributed by atoms with Crippen LogP contribution in [-0.2, 0) is 19.4 Å². The number of nitrogens with zero attached hydrogens (tertiary/aromatic N) is 4. The Hall–Kier alpha value is -2.93. The number of H-pyrrole nitrogens is 1. The first kappa shape index (κ1) is 17.9. The van der Waals surface area contributed by atoms with E-state index in [0.717, 1.165) is 60.8 Å². The van der Waals surface area contributed by atoms with Crippen LogP contribution in [0.3, 0.4) is 0 Å². The van der Waals surface area contributed by atoms with Gasteiger partial charge in [0.15, 0.2) is 0 Å². The van der Waals surface area contributed by atoms with Crippen molar-refractivity contribution in [3.63, 3.8) is 0 Å². The highest BCUT2D eigenvalue weighted by Crippen LogP contribution is 2.35. The van der Waals surface area contributed by atoms with E-state index in [1.54, 1.807) is 11.3 Å². The van der Waals surface area contributed by atoms with Crippen LogP contribution in [0.15, 0.2) is 47.5 Å². The summed E-state index contributed by atoms with van der Waals surface area (Å²) in [5.41, 5.74) is 7.30. The molecule has 0 bridgehead atoms. The van der Waals surface area contributed by atoms with Gasteiger partial charge in [0.1, 0.15) is 0 Å². The van der Waals surface area contributed by atoms with Gasteiger partial charge in [0.2, 0.25) is 0 Å². The number of aromatic nitrogens is 4. The summed E-state index contributed by atoms with van der Waals surface area (Å²) in [6.07, 6.45) is 9.08. The largest absolute Gasteiger partial charge is 0.341 e. The van der Waals surface area contributed by atoms with Crippen molar-refractivity contribution in [2.24, 2.45) is 0 Å². The number of thiazole rings is 1. The van der Waals surface area contributed by atoms with Crippen molar-refractivity contribution in [3.8, 4) is 0 Å². The first-order valence-electron chi connectivity index (χ1n) is 10.6. The Balaban J connectivity index is 1.33. The predicted molar refractivity (Wildman–Crippen MR) is 117 cm³/mol. The Kier molecular flexibility index (Phi) is 4.23. The van der Waals surface area contributed by atoms with E-state index in [9.17, 15) is 4.79 Å². The van der Waals surface area contributed by atoms with Crippen LogP contribution in [0.2, 0.25) is 0 Å². The number of amides is 1. The average molecular weight is 418 g/mol. The maximum atomic E-state index is 13.8. The minimum absolute atomic E-state index is 0.173. The van der Waals surface area contributed by atoms with Crippen LogP contribution in [0.4, 0.5) is 0 Å². The van der Waals surface area contributed by atoms with Gasteiger partial charge in [-0.25, -0.2) is 4.98 Å². The van der Waals surface area contributed by atoms with Crippen molar-refractivity contribution in [2.75, 3.05) is 0 Å². The molecule has 1 atom stereocenters. The summed E-state index contributed by atoms with van der Waals surface area (Å²) in [4.78, 5) is 20.4. The van der Waals surface area contributed by atoms with Crippen molar-refractivity contribution >= 4 is 28.1 Å². The first-order valence-corrected chi connectivity index (χ1v) is 11.5. The van der Waals surface area contributed by atoms with Gasteiger partial charge < -0.3 is 9.47 Å². The first-order chi connectivity index (χ1) is 14.8. The van der Waals surface area contributed by atoms with Crippen LogP contribution in [0.25, 0.3) is 10.9 Å². The summed E-state index contributed by atoms with van der Waals surface area (Å²) in [7, 11) is 0. The zero-order valence-corrected chi connectivity index (χ0v) is 17.4. The molecule has 1 aromatic carbocycles. The molecule has 1 saturated carbocycles. The molecule has 1 amide bonds. The van der Waals surface area contributed by atoms with E-state index < -0.39 is 0 Å². The second-order valence-electron chi connectivity index (χ2n) is 8.38. The molecule has 3 heterocycles. The van der Waals surface area contributed by atoms with Crippen LogP contribution in [-0.4, -0.2) is 42.6 Å². The van der Waals surface area contributed by atoms with Crippen molar-refractivity contribution in [1.29, 1.82) is 0 Å². The lowest BCUT2D eigenvalue weighted by Crippen LogP contribution is -2.44. The lowest BCUT2D eigenvalue weighted by molar-refractivity contribution is 0.0645. The molecule has 6 nitrogen and oxygen atoms in total. The Labute approximate surface area is 178 Å². The van der Waals surface area contributed by atoms with Gasteiger partial charge in [0, 0.05) is 45.8 Å². The van der Waals surface area contributed by atoms with Gasteiger partial charge in [0.05, 0.1) is 23.9 Å². The van der Waals surface area contributed by atoms with Gasteiger partial charge in [-0.1, -0.05) is 6.07 Å². The number of rotatable bonds is 5. The normalized spacial score (nSPS) is 18.5. The molecule has 152 valence electrons. The molecular weight excluding hydrogens is 394 g/mol. The third-order valence-corrected chi connectivity index (χ3v) is 7.05. The third kappa shape index (κ3) is 3.04. The summed E-state index contributed by atoms with van der Waals surface area (Å²) in [6.45, 7) is 0.725. The Morgan fingerprint density at radius 1 is 1.23 bits per heavy atom. The van der Waals surface area contributed by atoms with E-state index >= 15 is 0 Å². The smallest absolute Gasteiger partial charge is 0.255 e. The lowest BCUT2D eigenvalue weighted by Gasteiger charge is -2.34. The van der Waals surface area contributed by atoms with E-state index in [1.165, 1.54) is 11.3 Å². The molecule has 7 heteroatoms. The molecule has 2 aliphatic carbocycles. The molecule has 6 rings (SSSR count). The second-order valence-corrected chi connectivity index (χ2v) is 9.09.